The zero-order valence-corrected chi connectivity index (χ0v) is 10.7. The summed E-state index contributed by atoms with van der Waals surface area (Å²) in [5.41, 5.74) is 8.10. The summed E-state index contributed by atoms with van der Waals surface area (Å²) >= 11 is 5.70. The number of rotatable bonds is 2. The van der Waals surface area contributed by atoms with Crippen molar-refractivity contribution in [1.29, 1.82) is 0 Å². The van der Waals surface area contributed by atoms with Crippen molar-refractivity contribution in [2.24, 2.45) is 5.73 Å². The van der Waals surface area contributed by atoms with E-state index in [4.69, 9.17) is 17.3 Å². The van der Waals surface area contributed by atoms with Gasteiger partial charge in [0.15, 0.2) is 11.6 Å². The number of aromatic hydroxyl groups is 1. The van der Waals surface area contributed by atoms with Gasteiger partial charge in [0.05, 0.1) is 10.7 Å². The minimum absolute atomic E-state index is 0.120. The van der Waals surface area contributed by atoms with Crippen LogP contribution < -0.4 is 5.73 Å². The Balaban J connectivity index is 1.94. The minimum atomic E-state index is -0.814. The van der Waals surface area contributed by atoms with Gasteiger partial charge in [0.25, 0.3) is 0 Å². The third-order valence-electron chi connectivity index (χ3n) is 3.36. The van der Waals surface area contributed by atoms with E-state index in [0.717, 1.165) is 12.0 Å². The number of phenols is 1. The summed E-state index contributed by atoms with van der Waals surface area (Å²) in [7, 11) is 0. The largest absolute Gasteiger partial charge is 0.505 e. The van der Waals surface area contributed by atoms with Gasteiger partial charge in [0, 0.05) is 23.7 Å². The monoisotopic (exact) mass is 278 g/mol. The smallest absolute Gasteiger partial charge is 0.183 e. The molecular formula is C14H12ClFN2O. The second kappa shape index (κ2) is 4.47. The quantitative estimate of drug-likeness (QED) is 0.887. The van der Waals surface area contributed by atoms with Gasteiger partial charge < -0.3 is 10.8 Å². The molecule has 0 saturated heterocycles. The molecule has 1 aliphatic rings. The van der Waals surface area contributed by atoms with Crippen LogP contribution in [0.5, 0.6) is 5.75 Å². The molecule has 0 bridgehead atoms. The standard InChI is InChI=1S/C14H12ClFN2O/c15-10-3-8(4-13(19)14(10)16)12-2-1-7(6-18-12)9-5-11(9)17/h1-4,6,9,11,19H,5,17H2. The summed E-state index contributed by atoms with van der Waals surface area (Å²) in [6.07, 6.45) is 2.76. The van der Waals surface area contributed by atoms with E-state index in [0.29, 0.717) is 17.2 Å². The molecule has 2 unspecified atom stereocenters. The van der Waals surface area contributed by atoms with Crippen molar-refractivity contribution in [2.75, 3.05) is 0 Å². The van der Waals surface area contributed by atoms with Gasteiger partial charge in [0.1, 0.15) is 0 Å². The average Bonchev–Trinajstić information content (AvgIpc) is 3.13. The van der Waals surface area contributed by atoms with E-state index in [1.165, 1.54) is 12.1 Å². The number of pyridine rings is 1. The van der Waals surface area contributed by atoms with Gasteiger partial charge >= 0.3 is 0 Å². The number of nitrogens with two attached hydrogens (primary N) is 1. The number of halogens is 2. The van der Waals surface area contributed by atoms with Crippen molar-refractivity contribution in [1.82, 2.24) is 4.98 Å². The maximum atomic E-state index is 13.2. The maximum absolute atomic E-state index is 13.2. The molecule has 1 aliphatic carbocycles. The Bertz CT molecular complexity index is 607. The molecule has 0 amide bonds. The molecule has 1 fully saturated rings. The fourth-order valence-corrected chi connectivity index (χ4v) is 2.33. The van der Waals surface area contributed by atoms with E-state index in [1.807, 2.05) is 12.1 Å². The van der Waals surface area contributed by atoms with Crippen LogP contribution in [0.1, 0.15) is 17.9 Å². The fraction of sp³-hybridized carbons (Fsp3) is 0.214. The number of benzene rings is 1. The van der Waals surface area contributed by atoms with Crippen molar-refractivity contribution in [3.8, 4) is 17.0 Å². The van der Waals surface area contributed by atoms with Crippen molar-refractivity contribution in [2.45, 2.75) is 18.4 Å². The molecule has 98 valence electrons. The van der Waals surface area contributed by atoms with Gasteiger partial charge in [-0.05, 0) is 30.2 Å². The molecule has 0 spiro atoms. The van der Waals surface area contributed by atoms with E-state index in [9.17, 15) is 9.50 Å². The number of hydrogen-bond acceptors (Lipinski definition) is 3. The van der Waals surface area contributed by atoms with Gasteiger partial charge in [-0.25, -0.2) is 4.39 Å². The topological polar surface area (TPSA) is 59.1 Å². The SMILES string of the molecule is NC1CC1c1ccc(-c2cc(O)c(F)c(Cl)c2)nc1. The van der Waals surface area contributed by atoms with Crippen LogP contribution in [0, 0.1) is 5.82 Å². The molecule has 3 N–H and O–H groups in total. The third-order valence-corrected chi connectivity index (χ3v) is 3.63. The average molecular weight is 279 g/mol. The van der Waals surface area contributed by atoms with Gasteiger partial charge in [-0.15, -0.1) is 0 Å². The number of nitrogens with zero attached hydrogens (tertiary/aromatic N) is 1. The molecule has 5 heteroatoms. The molecular weight excluding hydrogens is 267 g/mol. The molecule has 2 aromatic rings. The van der Waals surface area contributed by atoms with E-state index in [-0.39, 0.29) is 11.1 Å². The Hall–Kier alpha value is -1.65. The van der Waals surface area contributed by atoms with Gasteiger partial charge in [-0.1, -0.05) is 17.7 Å². The summed E-state index contributed by atoms with van der Waals surface area (Å²) in [6.45, 7) is 0. The fourth-order valence-electron chi connectivity index (χ4n) is 2.12. The first kappa shape index (κ1) is 12.4. The highest BCUT2D eigenvalue weighted by molar-refractivity contribution is 6.31. The zero-order valence-electron chi connectivity index (χ0n) is 9.98. The molecule has 1 aromatic heterocycles. The van der Waals surface area contributed by atoms with E-state index < -0.39 is 11.6 Å². The van der Waals surface area contributed by atoms with E-state index in [1.54, 1.807) is 6.20 Å². The Morgan fingerprint density at radius 1 is 1.37 bits per heavy atom. The Labute approximate surface area is 114 Å². The molecule has 19 heavy (non-hydrogen) atoms. The first-order chi connectivity index (χ1) is 9.06. The maximum Gasteiger partial charge on any atom is 0.183 e. The van der Waals surface area contributed by atoms with E-state index in [2.05, 4.69) is 4.98 Å². The van der Waals surface area contributed by atoms with Crippen molar-refractivity contribution < 1.29 is 9.50 Å². The molecule has 1 heterocycles. The molecule has 0 radical (unpaired) electrons. The molecule has 2 atom stereocenters. The van der Waals surface area contributed by atoms with Crippen molar-refractivity contribution in [3.63, 3.8) is 0 Å². The summed E-state index contributed by atoms with van der Waals surface area (Å²) in [6, 6.07) is 6.77. The lowest BCUT2D eigenvalue weighted by molar-refractivity contribution is 0.433. The number of hydrogen-bond donors (Lipinski definition) is 2. The van der Waals surface area contributed by atoms with Crippen LogP contribution in [0.3, 0.4) is 0 Å². The van der Waals surface area contributed by atoms with Crippen LogP contribution in [-0.2, 0) is 0 Å². The van der Waals surface area contributed by atoms with Crippen LogP contribution in [0.25, 0.3) is 11.3 Å². The second-order valence-corrected chi connectivity index (χ2v) is 5.18. The molecule has 1 aromatic carbocycles. The van der Waals surface area contributed by atoms with Gasteiger partial charge in [-0.2, -0.15) is 0 Å². The lowest BCUT2D eigenvalue weighted by atomic mass is 10.1. The van der Waals surface area contributed by atoms with Crippen molar-refractivity contribution in [3.05, 3.63) is 46.9 Å². The summed E-state index contributed by atoms with van der Waals surface area (Å²) in [5.74, 6) is -0.893. The molecule has 3 rings (SSSR count). The second-order valence-electron chi connectivity index (χ2n) is 4.77. The highest BCUT2D eigenvalue weighted by Gasteiger charge is 2.34. The first-order valence-electron chi connectivity index (χ1n) is 5.96. The van der Waals surface area contributed by atoms with Crippen molar-refractivity contribution >= 4 is 11.6 Å². The molecule has 1 saturated carbocycles. The van der Waals surface area contributed by atoms with Crippen LogP contribution >= 0.6 is 11.6 Å². The Morgan fingerprint density at radius 2 is 2.11 bits per heavy atom. The van der Waals surface area contributed by atoms with Gasteiger partial charge in [0.2, 0.25) is 0 Å². The van der Waals surface area contributed by atoms with Crippen LogP contribution in [0.15, 0.2) is 30.5 Å². The van der Waals surface area contributed by atoms with Crippen LogP contribution in [-0.4, -0.2) is 16.1 Å². The lowest BCUT2D eigenvalue weighted by Gasteiger charge is -2.05. The van der Waals surface area contributed by atoms with Crippen LogP contribution in [0.2, 0.25) is 5.02 Å². The summed E-state index contributed by atoms with van der Waals surface area (Å²) < 4.78 is 13.2. The predicted molar refractivity (Wildman–Crippen MR) is 71.6 cm³/mol. The Morgan fingerprint density at radius 3 is 2.63 bits per heavy atom. The summed E-state index contributed by atoms with van der Waals surface area (Å²) in [4.78, 5) is 4.31. The predicted octanol–water partition coefficient (Wildman–Crippen LogP) is 3.06. The lowest BCUT2D eigenvalue weighted by Crippen LogP contribution is -2.01. The highest BCUT2D eigenvalue weighted by atomic mass is 35.5. The first-order valence-corrected chi connectivity index (χ1v) is 6.34. The zero-order chi connectivity index (χ0) is 13.6. The molecule has 3 nitrogen and oxygen atoms in total. The molecule has 0 aliphatic heterocycles. The minimum Gasteiger partial charge on any atom is -0.505 e. The van der Waals surface area contributed by atoms with Crippen LogP contribution in [0.4, 0.5) is 4.39 Å². The Kier molecular flexibility index (Phi) is 2.92. The number of phenolic OH excluding ortho intramolecular Hbond substituents is 1. The third kappa shape index (κ3) is 2.29. The number of aromatic nitrogens is 1. The normalized spacial score (nSPS) is 21.4. The summed E-state index contributed by atoms with van der Waals surface area (Å²) in [5, 5.41) is 9.31. The highest BCUT2D eigenvalue weighted by Crippen LogP contribution is 2.39. The van der Waals surface area contributed by atoms with E-state index >= 15 is 0 Å². The van der Waals surface area contributed by atoms with Gasteiger partial charge in [-0.3, -0.25) is 4.98 Å².